The van der Waals surface area contributed by atoms with Gasteiger partial charge in [0.1, 0.15) is 5.56 Å². The number of carbonyl (C=O) groups excluding carboxylic acids is 1. The minimum absolute atomic E-state index is 0.00606. The van der Waals surface area contributed by atoms with Crippen molar-refractivity contribution < 1.29 is 9.53 Å². The van der Waals surface area contributed by atoms with Gasteiger partial charge < -0.3 is 10.1 Å². The highest BCUT2D eigenvalue weighted by Crippen LogP contribution is 2.34. The van der Waals surface area contributed by atoms with Gasteiger partial charge in [0.2, 0.25) is 0 Å². The van der Waals surface area contributed by atoms with Gasteiger partial charge in [0.05, 0.1) is 13.2 Å². The summed E-state index contributed by atoms with van der Waals surface area (Å²) >= 11 is 1.56. The van der Waals surface area contributed by atoms with Gasteiger partial charge in [-0.25, -0.2) is 4.98 Å². The van der Waals surface area contributed by atoms with Crippen LogP contribution in [-0.4, -0.2) is 64.5 Å². The molecule has 2 fully saturated rings. The van der Waals surface area contributed by atoms with Crippen LogP contribution in [0.25, 0.3) is 0 Å². The lowest BCUT2D eigenvalue weighted by molar-refractivity contribution is -0.0361. The molecule has 1 amide bonds. The molecular formula is C18H26N4O3S. The van der Waals surface area contributed by atoms with E-state index in [1.807, 2.05) is 0 Å². The molecule has 3 heterocycles. The zero-order valence-electron chi connectivity index (χ0n) is 15.0. The molecule has 0 spiro atoms. The van der Waals surface area contributed by atoms with Crippen LogP contribution in [0.15, 0.2) is 16.1 Å². The Kier molecular flexibility index (Phi) is 5.33. The predicted molar refractivity (Wildman–Crippen MR) is 99.8 cm³/mol. The van der Waals surface area contributed by atoms with Crippen molar-refractivity contribution in [3.8, 4) is 0 Å². The van der Waals surface area contributed by atoms with Crippen LogP contribution >= 0.6 is 11.8 Å². The predicted octanol–water partition coefficient (Wildman–Crippen LogP) is 1.11. The molecule has 7 nitrogen and oxygen atoms in total. The van der Waals surface area contributed by atoms with Gasteiger partial charge in [-0.3, -0.25) is 19.1 Å². The average molecular weight is 378 g/mol. The van der Waals surface area contributed by atoms with Crippen molar-refractivity contribution in [2.45, 2.75) is 49.3 Å². The monoisotopic (exact) mass is 378 g/mol. The number of hydrogen-bond donors (Lipinski definition) is 1. The molecule has 1 saturated carbocycles. The van der Waals surface area contributed by atoms with E-state index in [0.29, 0.717) is 18.2 Å². The number of fused-ring (bicyclic) bond motifs is 1. The molecule has 1 aromatic heterocycles. The molecular weight excluding hydrogens is 352 g/mol. The van der Waals surface area contributed by atoms with E-state index in [2.05, 4.69) is 15.2 Å². The van der Waals surface area contributed by atoms with E-state index in [1.165, 1.54) is 25.5 Å². The number of hydrogen-bond acceptors (Lipinski definition) is 6. The molecule has 0 bridgehead atoms. The van der Waals surface area contributed by atoms with Crippen LogP contribution in [0, 0.1) is 0 Å². The second-order valence-electron chi connectivity index (χ2n) is 7.33. The van der Waals surface area contributed by atoms with Gasteiger partial charge in [0, 0.05) is 43.7 Å². The molecule has 26 heavy (non-hydrogen) atoms. The number of aromatic nitrogens is 2. The molecule has 8 heteroatoms. The van der Waals surface area contributed by atoms with Crippen molar-refractivity contribution in [2.75, 3.05) is 38.6 Å². The minimum Gasteiger partial charge on any atom is -0.379 e. The first-order chi connectivity index (χ1) is 12.7. The summed E-state index contributed by atoms with van der Waals surface area (Å²) in [5, 5.41) is 3.77. The van der Waals surface area contributed by atoms with Gasteiger partial charge in [0.25, 0.3) is 11.5 Å². The molecule has 1 N–H and O–H groups in total. The number of thioether (sulfide) groups is 1. The average Bonchev–Trinajstić information content (AvgIpc) is 3.18. The topological polar surface area (TPSA) is 76.5 Å². The molecule has 142 valence electrons. The van der Waals surface area contributed by atoms with Gasteiger partial charge >= 0.3 is 0 Å². The van der Waals surface area contributed by atoms with E-state index in [4.69, 9.17) is 4.74 Å². The van der Waals surface area contributed by atoms with Crippen molar-refractivity contribution in [3.05, 3.63) is 22.1 Å². The highest BCUT2D eigenvalue weighted by Gasteiger charge is 2.39. The van der Waals surface area contributed by atoms with E-state index < -0.39 is 0 Å². The molecule has 1 saturated heterocycles. The molecule has 0 atom stereocenters. The SMILES string of the molecule is O=C(NCC1(N2CCOCC2)CCCCC1)c1cnc2n(c1=O)CCS2. The van der Waals surface area contributed by atoms with E-state index in [-0.39, 0.29) is 22.6 Å². The van der Waals surface area contributed by atoms with Gasteiger partial charge in [-0.2, -0.15) is 0 Å². The summed E-state index contributed by atoms with van der Waals surface area (Å²) in [5.41, 5.74) is -0.0702. The van der Waals surface area contributed by atoms with Crippen molar-refractivity contribution in [1.82, 2.24) is 19.8 Å². The Morgan fingerprint density at radius 3 is 2.77 bits per heavy atom. The third-order valence-electron chi connectivity index (χ3n) is 5.85. The highest BCUT2D eigenvalue weighted by atomic mass is 32.2. The lowest BCUT2D eigenvalue weighted by Crippen LogP contribution is -2.59. The quantitative estimate of drug-likeness (QED) is 0.791. The number of carbonyl (C=O) groups is 1. The Morgan fingerprint density at radius 1 is 1.23 bits per heavy atom. The molecule has 0 unspecified atom stereocenters. The third kappa shape index (κ3) is 3.42. The Balaban J connectivity index is 1.49. The van der Waals surface area contributed by atoms with Crippen LogP contribution in [0.1, 0.15) is 42.5 Å². The Bertz CT molecular complexity index is 724. The van der Waals surface area contributed by atoms with Crippen molar-refractivity contribution >= 4 is 17.7 Å². The van der Waals surface area contributed by atoms with Crippen LogP contribution in [0.4, 0.5) is 0 Å². The van der Waals surface area contributed by atoms with Crippen molar-refractivity contribution in [3.63, 3.8) is 0 Å². The van der Waals surface area contributed by atoms with Crippen molar-refractivity contribution in [2.24, 2.45) is 0 Å². The number of nitrogens with one attached hydrogen (secondary N) is 1. The largest absolute Gasteiger partial charge is 0.379 e. The van der Waals surface area contributed by atoms with Gasteiger partial charge in [0.15, 0.2) is 5.16 Å². The van der Waals surface area contributed by atoms with Crippen LogP contribution in [0.3, 0.4) is 0 Å². The fourth-order valence-corrected chi connectivity index (χ4v) is 5.28. The minimum atomic E-state index is -0.298. The second kappa shape index (κ2) is 7.70. The Morgan fingerprint density at radius 2 is 2.00 bits per heavy atom. The fraction of sp³-hybridized carbons (Fsp3) is 0.722. The summed E-state index contributed by atoms with van der Waals surface area (Å²) in [6.07, 6.45) is 7.25. The number of amides is 1. The lowest BCUT2D eigenvalue weighted by atomic mass is 9.79. The molecule has 0 aromatic carbocycles. The summed E-state index contributed by atoms with van der Waals surface area (Å²) in [5.74, 6) is 0.542. The Hall–Kier alpha value is -1.38. The van der Waals surface area contributed by atoms with Crippen LogP contribution in [0.5, 0.6) is 0 Å². The molecule has 3 aliphatic rings. The summed E-state index contributed by atoms with van der Waals surface area (Å²) in [6.45, 7) is 4.55. The van der Waals surface area contributed by atoms with Crippen LogP contribution < -0.4 is 10.9 Å². The summed E-state index contributed by atoms with van der Waals surface area (Å²) in [7, 11) is 0. The standard InChI is InChI=1S/C18H26N4O3S/c23-15(14-12-19-17-22(16(14)24)8-11-26-17)20-13-18(4-2-1-3-5-18)21-6-9-25-10-7-21/h12H,1-11,13H2,(H,20,23). The van der Waals surface area contributed by atoms with E-state index in [0.717, 1.165) is 44.9 Å². The summed E-state index contributed by atoms with van der Waals surface area (Å²) < 4.78 is 7.11. The van der Waals surface area contributed by atoms with E-state index in [9.17, 15) is 9.59 Å². The fourth-order valence-electron chi connectivity index (χ4n) is 4.37. The zero-order chi connectivity index (χ0) is 18.0. The molecule has 1 aromatic rings. The number of morpholine rings is 1. The van der Waals surface area contributed by atoms with Crippen LogP contribution in [-0.2, 0) is 11.3 Å². The number of nitrogens with zero attached hydrogens (tertiary/aromatic N) is 3. The zero-order valence-corrected chi connectivity index (χ0v) is 15.9. The molecule has 0 radical (unpaired) electrons. The molecule has 2 aliphatic heterocycles. The van der Waals surface area contributed by atoms with E-state index >= 15 is 0 Å². The maximum atomic E-state index is 12.7. The Labute approximate surface area is 157 Å². The molecule has 4 rings (SSSR count). The van der Waals surface area contributed by atoms with Gasteiger partial charge in [-0.05, 0) is 12.8 Å². The normalized spacial score (nSPS) is 22.8. The number of rotatable bonds is 4. The lowest BCUT2D eigenvalue weighted by Gasteiger charge is -2.48. The number of ether oxygens (including phenoxy) is 1. The van der Waals surface area contributed by atoms with Crippen LogP contribution in [0.2, 0.25) is 0 Å². The highest BCUT2D eigenvalue weighted by molar-refractivity contribution is 7.99. The van der Waals surface area contributed by atoms with Gasteiger partial charge in [-0.15, -0.1) is 0 Å². The maximum absolute atomic E-state index is 12.7. The van der Waals surface area contributed by atoms with E-state index in [1.54, 1.807) is 16.3 Å². The summed E-state index contributed by atoms with van der Waals surface area (Å²) in [6, 6.07) is 0. The first kappa shape index (κ1) is 18.0. The van der Waals surface area contributed by atoms with Crippen molar-refractivity contribution in [1.29, 1.82) is 0 Å². The van der Waals surface area contributed by atoms with Gasteiger partial charge in [-0.1, -0.05) is 31.0 Å². The third-order valence-corrected chi connectivity index (χ3v) is 6.82. The molecule has 1 aliphatic carbocycles. The second-order valence-corrected chi connectivity index (χ2v) is 8.39. The maximum Gasteiger partial charge on any atom is 0.267 e. The smallest absolute Gasteiger partial charge is 0.267 e. The summed E-state index contributed by atoms with van der Waals surface area (Å²) in [4.78, 5) is 32.0. The first-order valence-electron chi connectivity index (χ1n) is 9.53. The first-order valence-corrected chi connectivity index (χ1v) is 10.5.